The Labute approximate surface area is 293 Å². The summed E-state index contributed by atoms with van der Waals surface area (Å²) in [5.74, 6) is -0.407. The Balaban J connectivity index is 1.50. The van der Waals surface area contributed by atoms with Crippen molar-refractivity contribution < 1.29 is 36.0 Å². The zero-order chi connectivity index (χ0) is 36.5. The fourth-order valence-electron chi connectivity index (χ4n) is 5.63. The van der Waals surface area contributed by atoms with E-state index in [1.807, 2.05) is 6.07 Å². The van der Waals surface area contributed by atoms with Crippen molar-refractivity contribution in [3.05, 3.63) is 90.4 Å². The SMILES string of the molecule is CNC(=O)c1c(-c2ccc(F)cc2)oc2cc(N(CCCNC(=O)OC(C)(C)C)S(C)(=O)=O)c(-c3cccc(-c4nc5ncccc5o4)c3)cc12. The number of fused-ring (bicyclic) bond motifs is 2. The lowest BCUT2D eigenvalue weighted by Crippen LogP contribution is -2.36. The molecule has 2 N–H and O–H groups in total. The van der Waals surface area contributed by atoms with Gasteiger partial charge in [0.2, 0.25) is 15.9 Å². The number of benzene rings is 3. The van der Waals surface area contributed by atoms with Gasteiger partial charge in [-0.2, -0.15) is 4.98 Å². The van der Waals surface area contributed by atoms with Crippen molar-refractivity contribution in [3.63, 3.8) is 0 Å². The molecule has 0 fully saturated rings. The number of anilines is 1. The van der Waals surface area contributed by atoms with Gasteiger partial charge >= 0.3 is 6.09 Å². The standard InChI is InChI=1S/C37H36FN5O7S/c1-37(2,3)50-36(45)41-17-8-18-43(51(5,46)47)28-21-30-27(31(34(44)39-4)32(48-30)22-12-14-25(38)15-13-22)20-26(28)23-9-6-10-24(19-23)35-42-33-29(49-35)11-7-16-40-33/h6-7,9-16,19-21H,8,17-18H2,1-5H3,(H,39,44)(H,41,45). The topological polar surface area (TPSA) is 157 Å². The van der Waals surface area contributed by atoms with Crippen molar-refractivity contribution in [2.75, 3.05) is 30.7 Å². The Kier molecular flexibility index (Phi) is 9.54. The summed E-state index contributed by atoms with van der Waals surface area (Å²) in [5.41, 5.74) is 3.04. The van der Waals surface area contributed by atoms with Gasteiger partial charge in [-0.15, -0.1) is 0 Å². The number of carbonyl (C=O) groups is 2. The molecule has 0 aliphatic rings. The molecular weight excluding hydrogens is 677 g/mol. The first-order valence-electron chi connectivity index (χ1n) is 16.1. The maximum absolute atomic E-state index is 13.9. The maximum Gasteiger partial charge on any atom is 0.407 e. The average molecular weight is 714 g/mol. The molecule has 0 radical (unpaired) electrons. The minimum Gasteiger partial charge on any atom is -0.455 e. The Morgan fingerprint density at radius 2 is 1.69 bits per heavy atom. The van der Waals surface area contributed by atoms with Crippen LogP contribution < -0.4 is 14.9 Å². The first-order valence-corrected chi connectivity index (χ1v) is 17.9. The van der Waals surface area contributed by atoms with E-state index >= 15 is 0 Å². The van der Waals surface area contributed by atoms with Crippen LogP contribution >= 0.6 is 0 Å². The molecule has 0 aliphatic carbocycles. The minimum atomic E-state index is -3.92. The summed E-state index contributed by atoms with van der Waals surface area (Å²) in [6.07, 6.45) is 2.33. The number of hydrogen-bond donors (Lipinski definition) is 2. The van der Waals surface area contributed by atoms with Crippen LogP contribution in [0.15, 0.2) is 87.8 Å². The van der Waals surface area contributed by atoms with Crippen LogP contribution in [0.3, 0.4) is 0 Å². The summed E-state index contributed by atoms with van der Waals surface area (Å²) in [5, 5.41) is 5.73. The molecule has 0 atom stereocenters. The van der Waals surface area contributed by atoms with Crippen molar-refractivity contribution in [2.24, 2.45) is 0 Å². The largest absolute Gasteiger partial charge is 0.455 e. The number of nitrogens with zero attached hydrogens (tertiary/aromatic N) is 3. The van der Waals surface area contributed by atoms with Crippen LogP contribution in [0.25, 0.3) is 56.1 Å². The second-order valence-electron chi connectivity index (χ2n) is 12.8. The number of nitrogens with one attached hydrogen (secondary N) is 2. The molecule has 6 aromatic rings. The van der Waals surface area contributed by atoms with Crippen LogP contribution in [-0.2, 0) is 14.8 Å². The third kappa shape index (κ3) is 7.70. The molecular formula is C37H36FN5O7S. The molecule has 0 unspecified atom stereocenters. The third-order valence-corrected chi connectivity index (χ3v) is 9.01. The van der Waals surface area contributed by atoms with E-state index in [-0.39, 0.29) is 42.1 Å². The molecule has 0 spiro atoms. The molecule has 0 saturated heterocycles. The van der Waals surface area contributed by atoms with Gasteiger partial charge in [0.1, 0.15) is 22.8 Å². The third-order valence-electron chi connectivity index (χ3n) is 7.83. The number of carbonyl (C=O) groups excluding carboxylic acids is 2. The van der Waals surface area contributed by atoms with Crippen molar-refractivity contribution in [1.82, 2.24) is 20.6 Å². The number of amides is 2. The van der Waals surface area contributed by atoms with Gasteiger partial charge in [-0.25, -0.2) is 22.6 Å². The molecule has 12 nitrogen and oxygen atoms in total. The average Bonchev–Trinajstić information content (AvgIpc) is 3.68. The van der Waals surface area contributed by atoms with Gasteiger partial charge in [-0.1, -0.05) is 12.1 Å². The molecule has 0 aliphatic heterocycles. The highest BCUT2D eigenvalue weighted by molar-refractivity contribution is 7.92. The van der Waals surface area contributed by atoms with Crippen molar-refractivity contribution in [2.45, 2.75) is 32.8 Å². The van der Waals surface area contributed by atoms with E-state index in [0.717, 1.165) is 6.26 Å². The van der Waals surface area contributed by atoms with Crippen LogP contribution in [0.1, 0.15) is 37.6 Å². The number of pyridine rings is 1. The van der Waals surface area contributed by atoms with Crippen molar-refractivity contribution in [1.29, 1.82) is 0 Å². The lowest BCUT2D eigenvalue weighted by molar-refractivity contribution is 0.0527. The van der Waals surface area contributed by atoms with Gasteiger partial charge in [-0.05, 0) is 87.4 Å². The van der Waals surface area contributed by atoms with Gasteiger partial charge in [0.25, 0.3) is 5.91 Å². The van der Waals surface area contributed by atoms with Gasteiger partial charge in [0.15, 0.2) is 11.2 Å². The van der Waals surface area contributed by atoms with E-state index < -0.39 is 33.4 Å². The normalized spacial score (nSPS) is 11.9. The summed E-state index contributed by atoms with van der Waals surface area (Å²) < 4.78 is 59.6. The van der Waals surface area contributed by atoms with Gasteiger partial charge in [-0.3, -0.25) is 9.10 Å². The molecule has 0 saturated carbocycles. The van der Waals surface area contributed by atoms with Crippen LogP contribution in [0.4, 0.5) is 14.9 Å². The number of oxazole rings is 1. The van der Waals surface area contributed by atoms with E-state index in [2.05, 4.69) is 20.6 Å². The smallest absolute Gasteiger partial charge is 0.407 e. The van der Waals surface area contributed by atoms with Crippen molar-refractivity contribution >= 4 is 49.9 Å². The van der Waals surface area contributed by atoms with Crippen LogP contribution in [0.2, 0.25) is 0 Å². The van der Waals surface area contributed by atoms with Gasteiger partial charge < -0.3 is 24.2 Å². The summed E-state index contributed by atoms with van der Waals surface area (Å²) >= 11 is 0. The highest BCUT2D eigenvalue weighted by Gasteiger charge is 2.28. The highest BCUT2D eigenvalue weighted by atomic mass is 32.2. The number of alkyl carbamates (subject to hydrolysis) is 1. The lowest BCUT2D eigenvalue weighted by atomic mass is 9.97. The monoisotopic (exact) mass is 713 g/mol. The summed E-state index contributed by atoms with van der Waals surface area (Å²) in [7, 11) is -2.43. The number of rotatable bonds is 10. The second kappa shape index (κ2) is 13.9. The number of ether oxygens (including phenoxy) is 1. The number of aromatic nitrogens is 2. The molecule has 3 aromatic heterocycles. The van der Waals surface area contributed by atoms with E-state index in [0.29, 0.717) is 44.8 Å². The summed E-state index contributed by atoms with van der Waals surface area (Å²) in [6.45, 7) is 5.36. The molecule has 2 amide bonds. The Morgan fingerprint density at radius 3 is 2.37 bits per heavy atom. The molecule has 3 aromatic carbocycles. The molecule has 14 heteroatoms. The van der Waals surface area contributed by atoms with E-state index in [1.165, 1.54) is 35.6 Å². The predicted molar refractivity (Wildman–Crippen MR) is 192 cm³/mol. The highest BCUT2D eigenvalue weighted by Crippen LogP contribution is 2.42. The van der Waals surface area contributed by atoms with E-state index in [9.17, 15) is 22.4 Å². The molecule has 51 heavy (non-hydrogen) atoms. The van der Waals surface area contributed by atoms with Crippen LogP contribution in [0, 0.1) is 5.82 Å². The first-order chi connectivity index (χ1) is 24.2. The Hall–Kier alpha value is -5.76. The number of halogens is 1. The van der Waals surface area contributed by atoms with Crippen molar-refractivity contribution in [3.8, 4) is 33.9 Å². The van der Waals surface area contributed by atoms with Crippen LogP contribution in [0.5, 0.6) is 0 Å². The Morgan fingerprint density at radius 1 is 0.941 bits per heavy atom. The van der Waals surface area contributed by atoms with E-state index in [1.54, 1.807) is 69.4 Å². The molecule has 0 bridgehead atoms. The predicted octanol–water partition coefficient (Wildman–Crippen LogP) is 7.15. The number of hydrogen-bond acceptors (Lipinski definition) is 9. The summed E-state index contributed by atoms with van der Waals surface area (Å²) in [4.78, 5) is 34.4. The number of sulfonamides is 1. The fraction of sp³-hybridized carbons (Fsp3) is 0.243. The zero-order valence-electron chi connectivity index (χ0n) is 28.6. The maximum atomic E-state index is 13.9. The van der Waals surface area contributed by atoms with E-state index in [4.69, 9.17) is 13.6 Å². The number of furan rings is 1. The van der Waals surface area contributed by atoms with Gasteiger partial charge in [0.05, 0.1) is 17.5 Å². The molecule has 264 valence electrons. The van der Waals surface area contributed by atoms with Crippen LogP contribution in [-0.4, -0.2) is 62.4 Å². The summed E-state index contributed by atoms with van der Waals surface area (Å²) in [6, 6.07) is 19.5. The first kappa shape index (κ1) is 35.1. The molecule has 6 rings (SSSR count). The quantitative estimate of drug-likeness (QED) is 0.141. The minimum absolute atomic E-state index is 0.0164. The lowest BCUT2D eigenvalue weighted by Gasteiger charge is -2.26. The second-order valence-corrected chi connectivity index (χ2v) is 14.7. The fourth-order valence-corrected chi connectivity index (χ4v) is 6.60. The Bertz CT molecular complexity index is 2330. The van der Waals surface area contributed by atoms with Gasteiger partial charge in [0, 0.05) is 54.5 Å². The zero-order valence-corrected chi connectivity index (χ0v) is 29.4. The molecule has 3 heterocycles.